The summed E-state index contributed by atoms with van der Waals surface area (Å²) in [6.45, 7) is 0. The average Bonchev–Trinajstić information content (AvgIpc) is 3.17. The van der Waals surface area contributed by atoms with Crippen molar-refractivity contribution < 1.29 is 5.48 Å². The lowest BCUT2D eigenvalue weighted by Crippen LogP contribution is -2.31. The fourth-order valence-corrected chi connectivity index (χ4v) is 5.90. The number of benzene rings is 5. The number of hydrogen-bond donors (Lipinski definition) is 0. The van der Waals surface area contributed by atoms with Gasteiger partial charge in [0.15, 0.2) is 0 Å². The van der Waals surface area contributed by atoms with Crippen molar-refractivity contribution >= 4 is 22.4 Å². The Morgan fingerprint density at radius 2 is 1.30 bits per heavy atom. The van der Waals surface area contributed by atoms with Gasteiger partial charge in [0.25, 0.3) is 0 Å². The van der Waals surface area contributed by atoms with E-state index in [1.165, 1.54) is 0 Å². The maximum atomic E-state index is 9.10. The summed E-state index contributed by atoms with van der Waals surface area (Å²) in [7, 11) is 0. The van der Waals surface area contributed by atoms with Crippen LogP contribution in [0, 0.1) is 0 Å². The molecule has 0 heterocycles. The molecule has 1 unspecified atom stereocenters. The third-order valence-electron chi connectivity index (χ3n) is 6.66. The minimum atomic E-state index is -0.906. The van der Waals surface area contributed by atoms with E-state index in [1.54, 1.807) is 6.07 Å². The summed E-state index contributed by atoms with van der Waals surface area (Å²) in [5.41, 5.74) is 5.99. The van der Waals surface area contributed by atoms with Crippen LogP contribution in [-0.2, 0) is 5.41 Å². The summed E-state index contributed by atoms with van der Waals surface area (Å²) in [5, 5.41) is 2.70. The molecule has 5 aromatic carbocycles. The molecule has 0 bridgehead atoms. The van der Waals surface area contributed by atoms with Crippen LogP contribution in [0.2, 0.25) is 5.02 Å². The zero-order valence-electron chi connectivity index (χ0n) is 19.9. The van der Waals surface area contributed by atoms with E-state index >= 15 is 0 Å². The van der Waals surface area contributed by atoms with E-state index in [1.807, 2.05) is 30.3 Å². The van der Waals surface area contributed by atoms with Crippen molar-refractivity contribution in [2.24, 2.45) is 0 Å². The molecule has 7 rings (SSSR count). The Hall–Kier alpha value is -3.35. The Morgan fingerprint density at radius 3 is 2.23 bits per heavy atom. The van der Waals surface area contributed by atoms with E-state index in [2.05, 4.69) is 42.5 Å². The second-order valence-electron chi connectivity index (χ2n) is 7.92. The van der Waals surface area contributed by atoms with Crippen LogP contribution >= 0.6 is 11.6 Å². The lowest BCUT2D eigenvalue weighted by molar-refractivity contribution is 0.773. The van der Waals surface area contributed by atoms with Crippen molar-refractivity contribution in [3.8, 4) is 22.3 Å². The number of fused-ring (bicyclic) bond motifs is 9. The van der Waals surface area contributed by atoms with Gasteiger partial charge in [-0.3, -0.25) is 0 Å². The second kappa shape index (κ2) is 5.62. The Kier molecular flexibility index (Phi) is 2.45. The average molecular weight is 405 g/mol. The van der Waals surface area contributed by atoms with Crippen LogP contribution in [0.1, 0.15) is 27.7 Å². The minimum Gasteiger partial charge on any atom is -0.0837 e. The third kappa shape index (κ3) is 1.75. The van der Waals surface area contributed by atoms with E-state index < -0.39 is 5.41 Å². The van der Waals surface area contributed by atoms with E-state index in [-0.39, 0.29) is 24.2 Å². The Labute approximate surface area is 186 Å². The first kappa shape index (κ1) is 13.1. The molecule has 0 aromatic heterocycles. The molecule has 1 spiro atoms. The first-order valence-corrected chi connectivity index (χ1v) is 10.4. The molecule has 140 valence electrons. The van der Waals surface area contributed by atoms with Gasteiger partial charge in [0.1, 0.15) is 0 Å². The molecule has 0 fully saturated rings. The lowest BCUT2D eigenvalue weighted by atomic mass is 9.61. The zero-order chi connectivity index (χ0) is 23.4. The largest absolute Gasteiger partial charge is 0.0837 e. The SMILES string of the molecule is [2H]c1c([2H])c([2H])c2c(c1[2H])-c1c(Cl)cccc1C21c2ccccc2-c2cccc3cccc1c23. The van der Waals surface area contributed by atoms with Crippen LogP contribution in [0.5, 0.6) is 0 Å². The van der Waals surface area contributed by atoms with E-state index in [4.69, 9.17) is 17.1 Å². The van der Waals surface area contributed by atoms with Gasteiger partial charge in [0.2, 0.25) is 0 Å². The fourth-order valence-electron chi connectivity index (χ4n) is 5.63. The number of rotatable bonds is 0. The maximum absolute atomic E-state index is 9.10. The van der Waals surface area contributed by atoms with Crippen molar-refractivity contribution in [3.63, 3.8) is 0 Å². The summed E-state index contributed by atoms with van der Waals surface area (Å²) in [5.74, 6) is 0. The van der Waals surface area contributed by atoms with E-state index in [9.17, 15) is 0 Å². The summed E-state index contributed by atoms with van der Waals surface area (Å²) >= 11 is 6.79. The van der Waals surface area contributed by atoms with Crippen LogP contribution in [0.25, 0.3) is 33.0 Å². The topological polar surface area (TPSA) is 0 Å². The maximum Gasteiger partial charge on any atom is 0.0726 e. The van der Waals surface area contributed by atoms with Gasteiger partial charge in [-0.25, -0.2) is 0 Å². The lowest BCUT2D eigenvalue weighted by Gasteiger charge is -2.40. The molecule has 0 radical (unpaired) electrons. The molecule has 1 heteroatoms. The van der Waals surface area contributed by atoms with Crippen molar-refractivity contribution in [2.45, 2.75) is 5.41 Å². The predicted octanol–water partition coefficient (Wildman–Crippen LogP) is 7.84. The zero-order valence-corrected chi connectivity index (χ0v) is 16.6. The molecule has 1 atom stereocenters. The van der Waals surface area contributed by atoms with Crippen molar-refractivity contribution in [3.05, 3.63) is 130 Å². The van der Waals surface area contributed by atoms with Gasteiger partial charge in [-0.2, -0.15) is 0 Å². The van der Waals surface area contributed by atoms with Crippen LogP contribution in [-0.4, -0.2) is 0 Å². The standard InChI is InChI=1S/C29H17Cl/c30-26-17-7-16-25-28(26)21-11-2-4-14-23(21)29(25)22-13-3-1-10-19(22)20-12-5-8-18-9-6-15-24(29)27(18)20/h1-17H/i2D,4D,11D,14D. The van der Waals surface area contributed by atoms with Gasteiger partial charge in [-0.1, -0.05) is 109 Å². The van der Waals surface area contributed by atoms with Gasteiger partial charge in [-0.05, 0) is 55.8 Å². The Balaban J connectivity index is 1.84. The monoisotopic (exact) mass is 404 g/mol. The van der Waals surface area contributed by atoms with Crippen LogP contribution in [0.4, 0.5) is 0 Å². The van der Waals surface area contributed by atoms with E-state index in [0.29, 0.717) is 21.7 Å². The quantitative estimate of drug-likeness (QED) is 0.241. The van der Waals surface area contributed by atoms with Crippen molar-refractivity contribution in [1.29, 1.82) is 0 Å². The van der Waals surface area contributed by atoms with Crippen LogP contribution < -0.4 is 0 Å². The highest BCUT2D eigenvalue weighted by molar-refractivity contribution is 6.34. The van der Waals surface area contributed by atoms with Gasteiger partial charge in [0.05, 0.1) is 10.9 Å². The predicted molar refractivity (Wildman–Crippen MR) is 125 cm³/mol. The molecule has 0 N–H and O–H groups in total. The summed E-state index contributed by atoms with van der Waals surface area (Å²) in [6.07, 6.45) is 0. The first-order chi connectivity index (χ1) is 16.5. The third-order valence-corrected chi connectivity index (χ3v) is 6.98. The first-order valence-electron chi connectivity index (χ1n) is 12.0. The number of halogens is 1. The van der Waals surface area contributed by atoms with E-state index in [0.717, 1.165) is 38.6 Å². The van der Waals surface area contributed by atoms with Gasteiger partial charge < -0.3 is 0 Å². The molecule has 0 saturated carbocycles. The molecule has 0 amide bonds. The summed E-state index contributed by atoms with van der Waals surface area (Å²) < 4.78 is 34.9. The van der Waals surface area contributed by atoms with Crippen LogP contribution in [0.15, 0.2) is 103 Å². The van der Waals surface area contributed by atoms with Crippen LogP contribution in [0.3, 0.4) is 0 Å². The fraction of sp³-hybridized carbons (Fsp3) is 0.0345. The molecule has 2 aliphatic rings. The van der Waals surface area contributed by atoms with Gasteiger partial charge in [-0.15, -0.1) is 0 Å². The molecular formula is C29H17Cl. The molecule has 2 aliphatic carbocycles. The Bertz CT molecular complexity index is 1720. The highest BCUT2D eigenvalue weighted by Crippen LogP contribution is 2.62. The molecule has 5 aromatic rings. The summed E-state index contributed by atoms with van der Waals surface area (Å²) in [4.78, 5) is 0. The normalized spacial score (nSPS) is 19.5. The molecular weight excluding hydrogens is 384 g/mol. The Morgan fingerprint density at radius 1 is 0.600 bits per heavy atom. The highest BCUT2D eigenvalue weighted by atomic mass is 35.5. The summed E-state index contributed by atoms with van der Waals surface area (Å²) in [6, 6.07) is 25.9. The molecule has 0 nitrogen and oxygen atoms in total. The minimum absolute atomic E-state index is 0.0190. The molecule has 30 heavy (non-hydrogen) atoms. The highest BCUT2D eigenvalue weighted by Gasteiger charge is 2.50. The molecule has 0 aliphatic heterocycles. The molecule has 0 saturated heterocycles. The second-order valence-corrected chi connectivity index (χ2v) is 8.32. The number of hydrogen-bond acceptors (Lipinski definition) is 0. The van der Waals surface area contributed by atoms with Gasteiger partial charge >= 0.3 is 0 Å². The van der Waals surface area contributed by atoms with Crippen molar-refractivity contribution in [1.82, 2.24) is 0 Å². The smallest absolute Gasteiger partial charge is 0.0726 e. The van der Waals surface area contributed by atoms with Crippen molar-refractivity contribution in [2.75, 3.05) is 0 Å². The van der Waals surface area contributed by atoms with Gasteiger partial charge in [0, 0.05) is 10.6 Å².